The lowest BCUT2D eigenvalue weighted by Gasteiger charge is -2.08. The van der Waals surface area contributed by atoms with Crippen molar-refractivity contribution in [3.63, 3.8) is 0 Å². The van der Waals surface area contributed by atoms with Crippen LogP contribution in [0, 0.1) is 0 Å². The summed E-state index contributed by atoms with van der Waals surface area (Å²) in [7, 11) is 0. The Bertz CT molecular complexity index is 498. The van der Waals surface area contributed by atoms with Crippen LogP contribution >= 0.6 is 0 Å². The minimum atomic E-state index is -0.472. The molecular weight excluding hydrogens is 531 g/mol. The van der Waals surface area contributed by atoms with E-state index in [0.29, 0.717) is 85.7 Å². The van der Waals surface area contributed by atoms with Gasteiger partial charge in [0.05, 0.1) is 79.3 Å². The van der Waals surface area contributed by atoms with Crippen LogP contribution in [0.4, 0.5) is 4.39 Å². The van der Waals surface area contributed by atoms with Crippen LogP contribution in [0.5, 0.6) is 0 Å². The molecule has 0 aromatic heterocycles. The average Bonchev–Trinajstić information content (AvgIpc) is 2.98. The molecular formula is C32H63FO8. The van der Waals surface area contributed by atoms with Crippen molar-refractivity contribution in [2.24, 2.45) is 0 Å². The lowest BCUT2D eigenvalue weighted by Crippen LogP contribution is -2.15. The Kier molecular flexibility index (Phi) is 36.4. The van der Waals surface area contributed by atoms with Gasteiger partial charge in [0.15, 0.2) is 0 Å². The van der Waals surface area contributed by atoms with Crippen LogP contribution in [-0.2, 0) is 38.0 Å². The van der Waals surface area contributed by atoms with Gasteiger partial charge in [-0.25, -0.2) is 4.39 Å². The van der Waals surface area contributed by atoms with E-state index in [1.54, 1.807) is 0 Å². The fourth-order valence-corrected chi connectivity index (χ4v) is 4.18. The van der Waals surface area contributed by atoms with Gasteiger partial charge in [-0.1, -0.05) is 96.8 Å². The molecule has 9 heteroatoms. The number of esters is 1. The van der Waals surface area contributed by atoms with Gasteiger partial charge in [0.1, 0.15) is 13.3 Å². The molecule has 0 aliphatic heterocycles. The van der Waals surface area contributed by atoms with E-state index in [1.807, 2.05) is 0 Å². The summed E-state index contributed by atoms with van der Waals surface area (Å²) >= 11 is 0. The Balaban J connectivity index is 3.14. The predicted octanol–water partition coefficient (Wildman–Crippen LogP) is 6.86. The van der Waals surface area contributed by atoms with Gasteiger partial charge >= 0.3 is 5.97 Å². The number of ether oxygens (including phenoxy) is 7. The molecule has 0 fully saturated rings. The fraction of sp³-hybridized carbons (Fsp3) is 0.969. The maximum atomic E-state index is 11.8. The highest BCUT2D eigenvalue weighted by Gasteiger charge is 2.03. The molecule has 0 rings (SSSR count). The van der Waals surface area contributed by atoms with Crippen molar-refractivity contribution in [3.05, 3.63) is 0 Å². The van der Waals surface area contributed by atoms with E-state index >= 15 is 0 Å². The molecule has 0 saturated carbocycles. The number of hydrogen-bond acceptors (Lipinski definition) is 8. The molecule has 0 spiro atoms. The average molecular weight is 595 g/mol. The van der Waals surface area contributed by atoms with E-state index < -0.39 is 6.67 Å². The molecule has 0 bridgehead atoms. The molecule has 0 unspecified atom stereocenters. The summed E-state index contributed by atoms with van der Waals surface area (Å²) in [6, 6.07) is 0. The maximum Gasteiger partial charge on any atom is 0.305 e. The van der Waals surface area contributed by atoms with Crippen LogP contribution in [0.1, 0.15) is 110 Å². The summed E-state index contributed by atoms with van der Waals surface area (Å²) in [4.78, 5) is 11.8. The van der Waals surface area contributed by atoms with Crippen molar-refractivity contribution in [2.75, 3.05) is 92.6 Å². The summed E-state index contributed by atoms with van der Waals surface area (Å²) in [5, 5.41) is 0. The third-order valence-electron chi connectivity index (χ3n) is 6.56. The minimum absolute atomic E-state index is 0.116. The van der Waals surface area contributed by atoms with Gasteiger partial charge < -0.3 is 33.2 Å². The minimum Gasteiger partial charge on any atom is -0.463 e. The van der Waals surface area contributed by atoms with Gasteiger partial charge in [0.25, 0.3) is 0 Å². The molecule has 246 valence electrons. The number of unbranched alkanes of at least 4 members (excludes halogenated alkanes) is 14. The van der Waals surface area contributed by atoms with Crippen LogP contribution in [0.15, 0.2) is 0 Å². The zero-order valence-electron chi connectivity index (χ0n) is 26.4. The first-order valence-electron chi connectivity index (χ1n) is 16.5. The summed E-state index contributed by atoms with van der Waals surface area (Å²) in [5.74, 6) is -0.132. The van der Waals surface area contributed by atoms with Gasteiger partial charge in [-0.2, -0.15) is 0 Å². The predicted molar refractivity (Wildman–Crippen MR) is 161 cm³/mol. The van der Waals surface area contributed by atoms with Crippen LogP contribution in [0.3, 0.4) is 0 Å². The standard InChI is InChI=1S/C32H63FO8/c1-2-3-4-5-6-7-8-9-10-11-12-13-14-15-16-17-32(34)41-31-30-40-29-28-39-27-26-38-25-24-37-23-22-36-21-20-35-19-18-33/h2-31H2,1H3. The highest BCUT2D eigenvalue weighted by Crippen LogP contribution is 2.13. The summed E-state index contributed by atoms with van der Waals surface area (Å²) in [6.45, 7) is 7.26. The second kappa shape index (κ2) is 37.2. The number of hydrogen-bond donors (Lipinski definition) is 0. The highest BCUT2D eigenvalue weighted by atomic mass is 19.1. The van der Waals surface area contributed by atoms with Crippen molar-refractivity contribution in [1.29, 1.82) is 0 Å². The number of rotatable bonds is 36. The molecule has 0 aromatic rings. The Morgan fingerprint density at radius 1 is 0.415 bits per heavy atom. The van der Waals surface area contributed by atoms with Crippen molar-refractivity contribution >= 4 is 5.97 Å². The van der Waals surface area contributed by atoms with Gasteiger partial charge in [0, 0.05) is 6.42 Å². The Hall–Kier alpha value is -0.840. The summed E-state index contributed by atoms with van der Waals surface area (Å²) < 4.78 is 49.0. The summed E-state index contributed by atoms with van der Waals surface area (Å²) in [6.07, 6.45) is 20.2. The van der Waals surface area contributed by atoms with E-state index in [4.69, 9.17) is 33.2 Å². The first-order chi connectivity index (χ1) is 20.3. The Morgan fingerprint density at radius 3 is 1.05 bits per heavy atom. The largest absolute Gasteiger partial charge is 0.463 e. The van der Waals surface area contributed by atoms with Crippen molar-refractivity contribution in [1.82, 2.24) is 0 Å². The van der Waals surface area contributed by atoms with E-state index in [9.17, 15) is 9.18 Å². The normalized spacial score (nSPS) is 11.4. The molecule has 0 atom stereocenters. The number of carbonyl (C=O) groups excluding carboxylic acids is 1. The van der Waals surface area contributed by atoms with E-state index in [2.05, 4.69) is 6.92 Å². The SMILES string of the molecule is CCCCCCCCCCCCCCCCCC(=O)OCCOCCOCCOCCOCCOCCOCCF. The molecule has 0 heterocycles. The molecule has 0 N–H and O–H groups in total. The number of alkyl halides is 1. The van der Waals surface area contributed by atoms with Crippen LogP contribution in [0.25, 0.3) is 0 Å². The third kappa shape index (κ3) is 37.1. The van der Waals surface area contributed by atoms with E-state index in [1.165, 1.54) is 83.5 Å². The molecule has 0 radical (unpaired) electrons. The molecule has 41 heavy (non-hydrogen) atoms. The highest BCUT2D eigenvalue weighted by molar-refractivity contribution is 5.69. The van der Waals surface area contributed by atoms with E-state index in [0.717, 1.165) is 12.8 Å². The van der Waals surface area contributed by atoms with Gasteiger partial charge in [-0.05, 0) is 6.42 Å². The first kappa shape index (κ1) is 40.2. The van der Waals surface area contributed by atoms with Crippen molar-refractivity contribution in [2.45, 2.75) is 110 Å². The summed E-state index contributed by atoms with van der Waals surface area (Å²) in [5.41, 5.74) is 0. The lowest BCUT2D eigenvalue weighted by molar-refractivity contribution is -0.145. The molecule has 0 aliphatic carbocycles. The van der Waals surface area contributed by atoms with Gasteiger partial charge in [-0.3, -0.25) is 4.79 Å². The zero-order valence-corrected chi connectivity index (χ0v) is 26.4. The Labute approximate surface area is 250 Å². The molecule has 0 aromatic carbocycles. The van der Waals surface area contributed by atoms with Crippen LogP contribution < -0.4 is 0 Å². The van der Waals surface area contributed by atoms with Gasteiger partial charge in [-0.15, -0.1) is 0 Å². The van der Waals surface area contributed by atoms with Gasteiger partial charge in [0.2, 0.25) is 0 Å². The maximum absolute atomic E-state index is 11.8. The van der Waals surface area contributed by atoms with Crippen LogP contribution in [0.2, 0.25) is 0 Å². The quantitative estimate of drug-likeness (QED) is 0.0575. The monoisotopic (exact) mass is 594 g/mol. The molecule has 0 amide bonds. The number of halogens is 1. The topological polar surface area (TPSA) is 81.7 Å². The fourth-order valence-electron chi connectivity index (χ4n) is 4.18. The Morgan fingerprint density at radius 2 is 0.707 bits per heavy atom. The number of carbonyl (C=O) groups is 1. The van der Waals surface area contributed by atoms with Crippen molar-refractivity contribution < 1.29 is 42.3 Å². The second-order valence-corrected chi connectivity index (χ2v) is 10.3. The zero-order chi connectivity index (χ0) is 29.7. The first-order valence-corrected chi connectivity index (χ1v) is 16.5. The van der Waals surface area contributed by atoms with Crippen LogP contribution in [-0.4, -0.2) is 98.5 Å². The third-order valence-corrected chi connectivity index (χ3v) is 6.56. The van der Waals surface area contributed by atoms with E-state index in [-0.39, 0.29) is 12.6 Å². The van der Waals surface area contributed by atoms with Crippen molar-refractivity contribution in [3.8, 4) is 0 Å². The smallest absolute Gasteiger partial charge is 0.305 e. The lowest BCUT2D eigenvalue weighted by atomic mass is 10.0. The second-order valence-electron chi connectivity index (χ2n) is 10.3. The molecule has 0 aliphatic rings. The molecule has 8 nitrogen and oxygen atoms in total. The molecule has 0 saturated heterocycles.